The minimum atomic E-state index is -2.65. The number of hydrogen-bond acceptors (Lipinski definition) is 13. The number of anilines is 6. The summed E-state index contributed by atoms with van der Waals surface area (Å²) in [5.74, 6) is -2.43. The lowest BCUT2D eigenvalue weighted by Crippen LogP contribution is -2.55. The second-order valence-corrected chi connectivity index (χ2v) is 23.5. The summed E-state index contributed by atoms with van der Waals surface area (Å²) in [6.45, 7) is 9.58. The number of ether oxygens (including phenoxy) is 1. The quantitative estimate of drug-likeness (QED) is 0.0807. The summed E-state index contributed by atoms with van der Waals surface area (Å²) in [4.78, 5) is 60.7. The molecule has 0 spiro atoms. The molecule has 2 unspecified atom stereocenters. The second kappa shape index (κ2) is 20.4. The molecule has 2 aromatic heterocycles. The van der Waals surface area contributed by atoms with Crippen molar-refractivity contribution in [2.24, 2.45) is 5.92 Å². The number of carbonyl (C=O) groups is 3. The summed E-state index contributed by atoms with van der Waals surface area (Å²) >= 11 is 3.66. The van der Waals surface area contributed by atoms with Crippen LogP contribution in [-0.2, 0) is 25.4 Å². The van der Waals surface area contributed by atoms with Gasteiger partial charge >= 0.3 is 0 Å². The Morgan fingerprint density at radius 2 is 1.62 bits per heavy atom. The average molecular weight is 1050 g/mol. The van der Waals surface area contributed by atoms with E-state index in [-0.39, 0.29) is 30.2 Å². The van der Waals surface area contributed by atoms with Crippen LogP contribution in [0.1, 0.15) is 74.6 Å². The number of amides is 3. The van der Waals surface area contributed by atoms with Crippen LogP contribution in [0.2, 0.25) is 0 Å². The molecule has 3 N–H and O–H groups in total. The van der Waals surface area contributed by atoms with Crippen molar-refractivity contribution >= 4 is 91.5 Å². The number of rotatable bonds is 12. The van der Waals surface area contributed by atoms with Crippen molar-refractivity contribution in [2.75, 3.05) is 92.2 Å². The van der Waals surface area contributed by atoms with Crippen LogP contribution < -0.4 is 35.8 Å². The second-order valence-electron chi connectivity index (χ2n) is 19.5. The number of piperidine rings is 2. The van der Waals surface area contributed by atoms with Crippen LogP contribution in [0, 0.1) is 24.5 Å². The number of hydrogen-bond donors (Lipinski definition) is 3. The number of piperazine rings is 1. The van der Waals surface area contributed by atoms with Crippen molar-refractivity contribution in [3.05, 3.63) is 87.7 Å². The van der Waals surface area contributed by atoms with E-state index in [2.05, 4.69) is 65.7 Å². The van der Waals surface area contributed by atoms with Crippen molar-refractivity contribution in [3.8, 4) is 5.75 Å². The van der Waals surface area contributed by atoms with E-state index >= 15 is 8.78 Å². The fourth-order valence-electron chi connectivity index (χ4n) is 11.4. The minimum Gasteiger partial charge on any atom is -0.494 e. The third-order valence-corrected chi connectivity index (χ3v) is 19.2. The van der Waals surface area contributed by atoms with Gasteiger partial charge in [0.2, 0.25) is 23.7 Å². The number of pyridine rings is 1. The molecule has 10 rings (SSSR count). The van der Waals surface area contributed by atoms with Gasteiger partial charge in [-0.25, -0.2) is 13.8 Å². The molecule has 5 aliphatic heterocycles. The molecule has 15 nitrogen and oxygen atoms in total. The zero-order valence-corrected chi connectivity index (χ0v) is 42.9. The van der Waals surface area contributed by atoms with Gasteiger partial charge in [-0.05, 0) is 110 Å². The summed E-state index contributed by atoms with van der Waals surface area (Å²) in [6.07, 6.45) is 8.40. The van der Waals surface area contributed by atoms with Crippen molar-refractivity contribution in [2.45, 2.75) is 77.2 Å². The Morgan fingerprint density at radius 3 is 2.32 bits per heavy atom. The molecule has 5 aromatic rings. The topological polar surface area (TPSA) is 165 Å². The van der Waals surface area contributed by atoms with Crippen LogP contribution in [0.15, 0.2) is 59.2 Å². The molecule has 0 radical (unpaired) electrons. The molecule has 0 saturated carbocycles. The smallest absolute Gasteiger partial charge is 0.234 e. The SMILES string of the molecule is CCc1cc(Nc2ncc(Br)c(Nc3ccc4nc(C)ccc4c3P3(=O)CCCC3)n2)c(OC)cc1N1CCC(N2CCN(C(=O)C3CCN(c4cc(F)c(C5CCC(=O)NC5=O)c(F)c4)C3)CC2)CC1. The van der Waals surface area contributed by atoms with Crippen molar-refractivity contribution in [1.82, 2.24) is 30.1 Å². The first kappa shape index (κ1) is 48.9. The van der Waals surface area contributed by atoms with Crippen molar-refractivity contribution in [1.29, 1.82) is 0 Å². The number of fused-ring (bicyclic) bond motifs is 1. The Bertz CT molecular complexity index is 2920. The Balaban J connectivity index is 0.747. The maximum Gasteiger partial charge on any atom is 0.234 e. The number of imide groups is 1. The molecule has 5 saturated heterocycles. The summed E-state index contributed by atoms with van der Waals surface area (Å²) < 4.78 is 51.8. The van der Waals surface area contributed by atoms with E-state index < -0.39 is 36.5 Å². The fourth-order valence-corrected chi connectivity index (χ4v) is 15.0. The van der Waals surface area contributed by atoms with Crippen LogP contribution in [-0.4, -0.2) is 120 Å². The first-order chi connectivity index (χ1) is 34.3. The summed E-state index contributed by atoms with van der Waals surface area (Å²) in [5.41, 5.74) is 5.60. The monoisotopic (exact) mass is 1050 g/mol. The summed E-state index contributed by atoms with van der Waals surface area (Å²) in [6, 6.07) is 15.1. The van der Waals surface area contributed by atoms with E-state index in [9.17, 15) is 18.9 Å². The predicted molar refractivity (Wildman–Crippen MR) is 277 cm³/mol. The first-order valence-electron chi connectivity index (χ1n) is 24.9. The van der Waals surface area contributed by atoms with Gasteiger partial charge in [0.1, 0.15) is 30.3 Å². The predicted octanol–water partition coefficient (Wildman–Crippen LogP) is 8.37. The zero-order valence-electron chi connectivity index (χ0n) is 40.4. The number of benzene rings is 3. The third-order valence-electron chi connectivity index (χ3n) is 15.2. The molecule has 5 fully saturated rings. The maximum atomic E-state index is 15.3. The lowest BCUT2D eigenvalue weighted by atomic mass is 9.89. The van der Waals surface area contributed by atoms with E-state index in [4.69, 9.17) is 14.7 Å². The number of carbonyl (C=O) groups excluding carboxylic acids is 3. The van der Waals surface area contributed by atoms with E-state index in [0.717, 1.165) is 97.2 Å². The van der Waals surface area contributed by atoms with Gasteiger partial charge in [0.05, 0.1) is 40.3 Å². The Labute approximate surface area is 421 Å². The molecular formula is C52H60BrF2N10O5P. The molecule has 3 aromatic carbocycles. The largest absolute Gasteiger partial charge is 0.494 e. The Hall–Kier alpha value is -5.71. The molecule has 3 amide bonds. The third kappa shape index (κ3) is 9.96. The average Bonchev–Trinajstić information content (AvgIpc) is 4.05. The highest BCUT2D eigenvalue weighted by Crippen LogP contribution is 2.54. The highest BCUT2D eigenvalue weighted by atomic mass is 79.9. The van der Waals surface area contributed by atoms with Gasteiger partial charge in [-0.3, -0.25) is 29.6 Å². The normalized spacial score (nSPS) is 21.0. The number of methoxy groups -OCH3 is 1. The number of aromatic nitrogens is 3. The highest BCUT2D eigenvalue weighted by Gasteiger charge is 2.38. The molecule has 0 aliphatic carbocycles. The number of nitrogens with one attached hydrogen (secondary N) is 3. The van der Waals surface area contributed by atoms with Crippen LogP contribution in [0.4, 0.5) is 43.3 Å². The van der Waals surface area contributed by atoms with E-state index in [1.54, 1.807) is 13.3 Å². The van der Waals surface area contributed by atoms with E-state index in [0.29, 0.717) is 78.6 Å². The molecule has 19 heteroatoms. The zero-order chi connectivity index (χ0) is 49.6. The van der Waals surface area contributed by atoms with E-state index in [1.807, 2.05) is 41.0 Å². The lowest BCUT2D eigenvalue weighted by molar-refractivity contribution is -0.137. The molecular weight excluding hydrogens is 994 g/mol. The first-order valence-corrected chi connectivity index (χ1v) is 27.8. The van der Waals surface area contributed by atoms with Gasteiger partial charge < -0.3 is 34.6 Å². The molecule has 5 aliphatic rings. The fraction of sp³-hybridized carbons (Fsp3) is 0.462. The van der Waals surface area contributed by atoms with Gasteiger partial charge in [-0.1, -0.05) is 13.0 Å². The van der Waals surface area contributed by atoms with Gasteiger partial charge in [0.15, 0.2) is 0 Å². The van der Waals surface area contributed by atoms with Crippen LogP contribution in [0.3, 0.4) is 0 Å². The molecule has 374 valence electrons. The number of nitrogens with zero attached hydrogens (tertiary/aromatic N) is 7. The summed E-state index contributed by atoms with van der Waals surface area (Å²) in [7, 11) is -0.987. The van der Waals surface area contributed by atoms with Gasteiger partial charge in [-0.2, -0.15) is 4.98 Å². The molecule has 2 atom stereocenters. The van der Waals surface area contributed by atoms with Gasteiger partial charge in [0.25, 0.3) is 0 Å². The van der Waals surface area contributed by atoms with Crippen LogP contribution >= 0.6 is 23.1 Å². The minimum absolute atomic E-state index is 0.0272. The number of halogens is 3. The Morgan fingerprint density at radius 1 is 0.887 bits per heavy atom. The van der Waals surface area contributed by atoms with Crippen molar-refractivity contribution in [3.63, 3.8) is 0 Å². The maximum absolute atomic E-state index is 15.3. The summed E-state index contributed by atoms with van der Waals surface area (Å²) in [5, 5.41) is 10.9. The Kier molecular flexibility index (Phi) is 14.1. The molecule has 7 heterocycles. The van der Waals surface area contributed by atoms with Crippen molar-refractivity contribution < 1.29 is 32.5 Å². The molecule has 0 bridgehead atoms. The van der Waals surface area contributed by atoms with Crippen LogP contribution in [0.5, 0.6) is 5.75 Å². The van der Waals surface area contributed by atoms with E-state index in [1.165, 1.54) is 17.7 Å². The number of aryl methyl sites for hydroxylation is 2. The lowest BCUT2D eigenvalue weighted by Gasteiger charge is -2.44. The van der Waals surface area contributed by atoms with Gasteiger partial charge in [-0.15, -0.1) is 0 Å². The standard InChI is InChI=1S/C52H60BrF2N10O5P/c1-4-32-25-43(59-52-56-29-38(53)49(61-52)58-42-11-10-41-36(8-7-31(2)57-41)48(42)71(69)23-5-6-24-71)45(70-3)28-44(32)63-17-14-34(15-18-63)62-19-21-64(22-20-62)51(68)33-13-16-65(30-33)35-26-39(54)47(40(55)27-35)37-9-12-46(66)60-50(37)67/h7-8,10-11,25-29,33-34,37H,4-6,9,12-24,30H2,1-3H3,(H,60,66,67)(H2,56,58,59,61). The van der Waals surface area contributed by atoms with Gasteiger partial charge in [0, 0.05) is 123 Å². The highest BCUT2D eigenvalue weighted by molar-refractivity contribution is 9.10. The molecule has 71 heavy (non-hydrogen) atoms. The van der Waals surface area contributed by atoms with Crippen LogP contribution in [0.25, 0.3) is 10.9 Å².